The first-order valence-electron chi connectivity index (χ1n) is 7.54. The fourth-order valence-electron chi connectivity index (χ4n) is 2.29. The van der Waals surface area contributed by atoms with E-state index in [1.165, 1.54) is 11.6 Å². The van der Waals surface area contributed by atoms with Gasteiger partial charge in [-0.05, 0) is 13.0 Å². The Hall–Kier alpha value is -2.80. The van der Waals surface area contributed by atoms with Gasteiger partial charge in [0, 0.05) is 23.4 Å². The number of aromatic nitrogens is 2. The number of aryl methyl sites for hydroxylation is 1. The maximum absolute atomic E-state index is 11.0. The average molecular weight is 341 g/mol. The number of nitrogens with zero attached hydrogens (tertiary/aromatic N) is 2. The summed E-state index contributed by atoms with van der Waals surface area (Å²) in [5.41, 5.74) is 3.34. The van der Waals surface area contributed by atoms with Crippen LogP contribution in [0.1, 0.15) is 11.3 Å². The molecule has 2 aromatic heterocycles. The number of nitrogens with one attached hydrogen (secondary N) is 2. The molecule has 24 heavy (non-hydrogen) atoms. The second-order valence-electron chi connectivity index (χ2n) is 5.37. The Kier molecular flexibility index (Phi) is 4.81. The van der Waals surface area contributed by atoms with Crippen LogP contribution in [0.25, 0.3) is 10.6 Å². The first-order chi connectivity index (χ1) is 11.6. The van der Waals surface area contributed by atoms with Crippen LogP contribution in [0.4, 0.5) is 11.5 Å². The Morgan fingerprint density at radius 3 is 2.83 bits per heavy atom. The zero-order valence-electron chi connectivity index (χ0n) is 13.2. The quantitative estimate of drug-likeness (QED) is 0.549. The van der Waals surface area contributed by atoms with Crippen LogP contribution >= 0.6 is 11.3 Å². The molecule has 0 bridgehead atoms. The summed E-state index contributed by atoms with van der Waals surface area (Å²) >= 11 is 1.61. The minimum atomic E-state index is -0.406. The van der Waals surface area contributed by atoms with Crippen LogP contribution in [0.15, 0.2) is 48.0 Å². The third-order valence-electron chi connectivity index (χ3n) is 3.56. The van der Waals surface area contributed by atoms with Crippen LogP contribution in [0.2, 0.25) is 0 Å². The number of rotatable bonds is 6. The Bertz CT molecular complexity index is 846. The fourth-order valence-corrected chi connectivity index (χ4v) is 3.15. The summed E-state index contributed by atoms with van der Waals surface area (Å²) in [6, 6.07) is 11.4. The molecule has 6 nitrogen and oxygen atoms in total. The van der Waals surface area contributed by atoms with Crippen molar-refractivity contribution >= 4 is 22.8 Å². The number of hydrogen-bond donors (Lipinski definition) is 1. The van der Waals surface area contributed by atoms with E-state index in [1.54, 1.807) is 23.6 Å². The molecule has 0 fully saturated rings. The van der Waals surface area contributed by atoms with E-state index in [1.807, 2.05) is 5.38 Å². The minimum Gasteiger partial charge on any atom is -0.268 e. The molecule has 0 unspecified atom stereocenters. The molecule has 1 aromatic carbocycles. The number of hydrogen-bond acceptors (Lipinski definition) is 5. The van der Waals surface area contributed by atoms with Crippen LogP contribution in [0, 0.1) is 17.0 Å². The third kappa shape index (κ3) is 3.75. The smallest absolute Gasteiger partial charge is 0.268 e. The maximum Gasteiger partial charge on any atom is 0.357 e. The summed E-state index contributed by atoms with van der Waals surface area (Å²) in [6.45, 7) is 2.63. The summed E-state index contributed by atoms with van der Waals surface area (Å²) in [5.74, 6) is 0.413. The molecule has 3 rings (SSSR count). The highest BCUT2D eigenvalue weighted by Gasteiger charge is 2.19. The number of aromatic amines is 1. The van der Waals surface area contributed by atoms with Gasteiger partial charge in [-0.2, -0.15) is 0 Å². The molecule has 7 heteroatoms. The van der Waals surface area contributed by atoms with Gasteiger partial charge in [0.2, 0.25) is 0 Å². The lowest BCUT2D eigenvalue weighted by atomic mass is 10.2. The summed E-state index contributed by atoms with van der Waals surface area (Å²) in [7, 11) is 0. The van der Waals surface area contributed by atoms with Crippen molar-refractivity contribution in [2.45, 2.75) is 13.3 Å². The monoisotopic (exact) mass is 341 g/mol. The van der Waals surface area contributed by atoms with Crippen molar-refractivity contribution < 1.29 is 9.91 Å². The lowest BCUT2D eigenvalue weighted by Crippen LogP contribution is -2.16. The van der Waals surface area contributed by atoms with E-state index in [0.29, 0.717) is 18.8 Å². The van der Waals surface area contributed by atoms with Crippen molar-refractivity contribution in [3.63, 3.8) is 0 Å². The van der Waals surface area contributed by atoms with Crippen molar-refractivity contribution in [2.75, 3.05) is 11.9 Å². The molecule has 0 aliphatic carbocycles. The number of H-pyrrole nitrogens is 1. The van der Waals surface area contributed by atoms with Gasteiger partial charge in [-0.15, -0.1) is 11.3 Å². The van der Waals surface area contributed by atoms with Gasteiger partial charge in [-0.25, -0.2) is 9.97 Å². The number of pyridine rings is 1. The highest BCUT2D eigenvalue weighted by atomic mass is 32.1. The molecule has 0 saturated carbocycles. The van der Waals surface area contributed by atoms with E-state index in [4.69, 9.17) is 0 Å². The lowest BCUT2D eigenvalue weighted by Gasteiger charge is -1.99. The molecule has 122 valence electrons. The number of nitro groups is 1. The first kappa shape index (κ1) is 16.1. The highest BCUT2D eigenvalue weighted by Crippen LogP contribution is 2.24. The summed E-state index contributed by atoms with van der Waals surface area (Å²) in [4.78, 5) is 18.1. The Labute approximate surface area is 143 Å². The molecule has 0 saturated heterocycles. The van der Waals surface area contributed by atoms with Crippen molar-refractivity contribution in [2.24, 2.45) is 0 Å². The second-order valence-corrected chi connectivity index (χ2v) is 6.23. The van der Waals surface area contributed by atoms with Crippen LogP contribution in [-0.2, 0) is 6.42 Å². The van der Waals surface area contributed by atoms with Gasteiger partial charge in [0.1, 0.15) is 5.01 Å². The standard InChI is InChI=1S/C17H16N4O2S/c1-12-4-6-13(7-5-12)17-20-14(11-24-17)8-10-19-16-15(21(22)23)3-2-9-18-16/h2-7,9,11H,8,10H2,1H3,(H,18,19)/p+1. The third-order valence-corrected chi connectivity index (χ3v) is 4.50. The van der Waals surface area contributed by atoms with E-state index < -0.39 is 4.92 Å². The zero-order valence-corrected chi connectivity index (χ0v) is 14.0. The molecular weight excluding hydrogens is 324 g/mol. The lowest BCUT2D eigenvalue weighted by molar-refractivity contribution is -0.409. The summed E-state index contributed by atoms with van der Waals surface area (Å²) in [5, 5.41) is 17.1. The van der Waals surface area contributed by atoms with E-state index in [-0.39, 0.29) is 5.69 Å². The molecule has 0 amide bonds. The molecule has 0 radical (unpaired) electrons. The van der Waals surface area contributed by atoms with Gasteiger partial charge in [-0.3, -0.25) is 15.4 Å². The molecule has 2 N–H and O–H groups in total. The predicted molar refractivity (Wildman–Crippen MR) is 94.1 cm³/mol. The Morgan fingerprint density at radius 1 is 1.29 bits per heavy atom. The van der Waals surface area contributed by atoms with Gasteiger partial charge < -0.3 is 0 Å². The summed E-state index contributed by atoms with van der Waals surface area (Å²) < 4.78 is 0. The fraction of sp³-hybridized carbons (Fsp3) is 0.176. The predicted octanol–water partition coefficient (Wildman–Crippen LogP) is 3.50. The maximum atomic E-state index is 11.0. The molecule has 0 aliphatic rings. The number of anilines is 1. The molecule has 0 atom stereocenters. The van der Waals surface area contributed by atoms with Gasteiger partial charge in [-0.1, -0.05) is 29.8 Å². The molecule has 0 spiro atoms. The molecule has 3 aromatic rings. The van der Waals surface area contributed by atoms with E-state index in [0.717, 1.165) is 16.3 Å². The van der Waals surface area contributed by atoms with E-state index in [9.17, 15) is 10.1 Å². The number of benzene rings is 1. The van der Waals surface area contributed by atoms with E-state index in [2.05, 4.69) is 46.5 Å². The molecule has 2 heterocycles. The van der Waals surface area contributed by atoms with Crippen molar-refractivity contribution in [3.8, 4) is 10.6 Å². The Morgan fingerprint density at radius 2 is 2.08 bits per heavy atom. The van der Waals surface area contributed by atoms with Gasteiger partial charge >= 0.3 is 11.5 Å². The van der Waals surface area contributed by atoms with Crippen LogP contribution in [0.3, 0.4) is 0 Å². The van der Waals surface area contributed by atoms with Crippen LogP contribution in [0.5, 0.6) is 0 Å². The summed E-state index contributed by atoms with van der Waals surface area (Å²) in [6.07, 6.45) is 2.36. The van der Waals surface area contributed by atoms with Crippen molar-refractivity contribution in [1.82, 2.24) is 4.98 Å². The van der Waals surface area contributed by atoms with Crippen molar-refractivity contribution in [3.05, 3.63) is 69.3 Å². The number of thiazole rings is 1. The second kappa shape index (κ2) is 7.18. The van der Waals surface area contributed by atoms with Crippen LogP contribution < -0.4 is 10.3 Å². The van der Waals surface area contributed by atoms with E-state index >= 15 is 0 Å². The van der Waals surface area contributed by atoms with Gasteiger partial charge in [0.15, 0.2) is 0 Å². The van der Waals surface area contributed by atoms with Crippen LogP contribution in [-0.4, -0.2) is 16.5 Å². The molecular formula is C17H17N4O2S+. The van der Waals surface area contributed by atoms with Gasteiger partial charge in [0.05, 0.1) is 23.4 Å². The first-order valence-corrected chi connectivity index (χ1v) is 8.42. The zero-order chi connectivity index (χ0) is 16.9. The van der Waals surface area contributed by atoms with Crippen molar-refractivity contribution in [1.29, 1.82) is 0 Å². The SMILES string of the molecule is Cc1ccc(-c2nc(CCNc3[nH+]cccc3[N+](=O)[O-])cs2)cc1. The topological polar surface area (TPSA) is 82.2 Å². The molecule has 0 aliphatic heterocycles. The minimum absolute atomic E-state index is 0.0381. The van der Waals surface area contributed by atoms with Gasteiger partial charge in [0.25, 0.3) is 0 Å². The Balaban J connectivity index is 1.62. The normalized spacial score (nSPS) is 10.5. The highest BCUT2D eigenvalue weighted by molar-refractivity contribution is 7.13. The average Bonchev–Trinajstić information content (AvgIpc) is 3.05. The largest absolute Gasteiger partial charge is 0.357 e.